The second-order valence-corrected chi connectivity index (χ2v) is 9.53. The second-order valence-electron chi connectivity index (χ2n) is 9.09. The fourth-order valence-corrected chi connectivity index (χ4v) is 4.68. The molecule has 0 aromatic heterocycles. The average Bonchev–Trinajstić information content (AvgIpc) is 3.30. The van der Waals surface area contributed by atoms with Gasteiger partial charge in [-0.2, -0.15) is 0 Å². The lowest BCUT2D eigenvalue weighted by molar-refractivity contribution is -0.125. The van der Waals surface area contributed by atoms with Crippen LogP contribution in [0.15, 0.2) is 78.9 Å². The number of hydrogen-bond acceptors (Lipinski definition) is 5. The summed E-state index contributed by atoms with van der Waals surface area (Å²) in [5, 5.41) is 7.35. The Morgan fingerprint density at radius 2 is 1.78 bits per heavy atom. The molecule has 0 bridgehead atoms. The van der Waals surface area contributed by atoms with Gasteiger partial charge in [-0.25, -0.2) is 0 Å². The SMILES string of the molecule is COCCNC(=O)[C@@H]1C[C@H](NCc2ccc(OCc3ccccc3)cc2)CN1Cc1cccc(Cl)c1. The van der Waals surface area contributed by atoms with Crippen LogP contribution in [-0.2, 0) is 29.2 Å². The molecule has 1 fully saturated rings. The third-order valence-electron chi connectivity index (χ3n) is 6.35. The molecule has 2 N–H and O–H groups in total. The van der Waals surface area contributed by atoms with Gasteiger partial charge in [0.2, 0.25) is 5.91 Å². The van der Waals surface area contributed by atoms with Crippen LogP contribution >= 0.6 is 11.6 Å². The molecule has 1 amide bonds. The molecule has 7 heteroatoms. The summed E-state index contributed by atoms with van der Waals surface area (Å²) in [4.78, 5) is 15.2. The van der Waals surface area contributed by atoms with Crippen molar-refractivity contribution in [2.24, 2.45) is 0 Å². The molecular formula is C29H34ClN3O3. The molecule has 2 atom stereocenters. The van der Waals surface area contributed by atoms with Crippen molar-refractivity contribution in [3.05, 3.63) is 101 Å². The third-order valence-corrected chi connectivity index (χ3v) is 6.59. The van der Waals surface area contributed by atoms with Crippen molar-refractivity contribution < 1.29 is 14.3 Å². The lowest BCUT2D eigenvalue weighted by Gasteiger charge is -2.23. The van der Waals surface area contributed by atoms with E-state index in [4.69, 9.17) is 21.1 Å². The van der Waals surface area contributed by atoms with Crippen molar-refractivity contribution in [3.63, 3.8) is 0 Å². The fourth-order valence-electron chi connectivity index (χ4n) is 4.47. The normalized spacial score (nSPS) is 17.7. The van der Waals surface area contributed by atoms with Crippen LogP contribution in [0.2, 0.25) is 5.02 Å². The monoisotopic (exact) mass is 507 g/mol. The lowest BCUT2D eigenvalue weighted by Crippen LogP contribution is -2.43. The Hall–Kier alpha value is -2.90. The molecule has 1 aliphatic heterocycles. The van der Waals surface area contributed by atoms with Gasteiger partial charge in [0.25, 0.3) is 0 Å². The molecule has 3 aromatic rings. The molecule has 36 heavy (non-hydrogen) atoms. The molecule has 1 heterocycles. The number of nitrogens with zero attached hydrogens (tertiary/aromatic N) is 1. The zero-order valence-electron chi connectivity index (χ0n) is 20.7. The number of likely N-dealkylation sites (tertiary alicyclic amines) is 1. The zero-order valence-corrected chi connectivity index (χ0v) is 21.4. The summed E-state index contributed by atoms with van der Waals surface area (Å²) in [6.07, 6.45) is 0.748. The molecule has 1 saturated heterocycles. The molecule has 0 radical (unpaired) electrons. The first kappa shape index (κ1) is 26.2. The smallest absolute Gasteiger partial charge is 0.237 e. The van der Waals surface area contributed by atoms with Gasteiger partial charge in [0.05, 0.1) is 12.6 Å². The Kier molecular flexibility index (Phi) is 9.76. The van der Waals surface area contributed by atoms with Gasteiger partial charge in [-0.05, 0) is 47.4 Å². The average molecular weight is 508 g/mol. The standard InChI is InChI=1S/C29H34ClN3O3/c1-35-15-14-31-29(34)28-17-26(20-33(28)19-24-8-5-9-25(30)16-24)32-18-22-10-12-27(13-11-22)36-21-23-6-3-2-4-7-23/h2-13,16,26,28,32H,14-15,17-21H2,1H3,(H,31,34)/t26-,28-/m0/s1. The summed E-state index contributed by atoms with van der Waals surface area (Å²) in [6, 6.07) is 26.2. The molecule has 0 spiro atoms. The van der Waals surface area contributed by atoms with Crippen molar-refractivity contribution in [3.8, 4) is 5.75 Å². The summed E-state index contributed by atoms with van der Waals surface area (Å²) in [5.41, 5.74) is 3.42. The number of nitrogens with one attached hydrogen (secondary N) is 2. The Bertz CT molecular complexity index is 1090. The number of halogens is 1. The minimum atomic E-state index is -0.202. The first-order chi connectivity index (χ1) is 17.6. The number of benzene rings is 3. The van der Waals surface area contributed by atoms with Crippen LogP contribution in [0.5, 0.6) is 5.75 Å². The number of carbonyl (C=O) groups excluding carboxylic acids is 1. The molecule has 190 valence electrons. The molecule has 0 aliphatic carbocycles. The minimum absolute atomic E-state index is 0.0401. The quantitative estimate of drug-likeness (QED) is 0.355. The highest BCUT2D eigenvalue weighted by atomic mass is 35.5. The Balaban J connectivity index is 1.31. The molecular weight excluding hydrogens is 474 g/mol. The van der Waals surface area contributed by atoms with E-state index in [0.717, 1.165) is 36.4 Å². The molecule has 3 aromatic carbocycles. The number of hydrogen-bond donors (Lipinski definition) is 2. The Morgan fingerprint density at radius 3 is 2.53 bits per heavy atom. The number of rotatable bonds is 12. The van der Waals surface area contributed by atoms with Crippen LogP contribution in [0.1, 0.15) is 23.1 Å². The van der Waals surface area contributed by atoms with E-state index in [1.54, 1.807) is 7.11 Å². The van der Waals surface area contributed by atoms with Gasteiger partial charge in [-0.15, -0.1) is 0 Å². The van der Waals surface area contributed by atoms with E-state index in [-0.39, 0.29) is 18.0 Å². The maximum absolute atomic E-state index is 12.9. The van der Waals surface area contributed by atoms with E-state index in [1.807, 2.05) is 54.6 Å². The molecule has 0 saturated carbocycles. The van der Waals surface area contributed by atoms with Gasteiger partial charge in [0.15, 0.2) is 0 Å². The van der Waals surface area contributed by atoms with Gasteiger partial charge in [0.1, 0.15) is 12.4 Å². The molecule has 4 rings (SSSR count). The van der Waals surface area contributed by atoms with Crippen LogP contribution in [0.3, 0.4) is 0 Å². The number of carbonyl (C=O) groups is 1. The van der Waals surface area contributed by atoms with Crippen molar-refractivity contribution in [2.45, 2.75) is 38.2 Å². The topological polar surface area (TPSA) is 62.8 Å². The second kappa shape index (κ2) is 13.4. The summed E-state index contributed by atoms with van der Waals surface area (Å²) < 4.78 is 11.0. The van der Waals surface area contributed by atoms with Gasteiger partial charge >= 0.3 is 0 Å². The van der Waals surface area contributed by atoms with Crippen LogP contribution < -0.4 is 15.4 Å². The number of ether oxygens (including phenoxy) is 2. The van der Waals surface area contributed by atoms with E-state index in [2.05, 4.69) is 39.8 Å². The molecule has 0 unspecified atom stereocenters. The Morgan fingerprint density at radius 1 is 1.00 bits per heavy atom. The maximum Gasteiger partial charge on any atom is 0.237 e. The largest absolute Gasteiger partial charge is 0.489 e. The predicted octanol–water partition coefficient (Wildman–Crippen LogP) is 4.41. The van der Waals surface area contributed by atoms with E-state index in [1.165, 1.54) is 5.56 Å². The first-order valence-corrected chi connectivity index (χ1v) is 12.7. The highest BCUT2D eigenvalue weighted by molar-refractivity contribution is 6.30. The van der Waals surface area contributed by atoms with Gasteiger partial charge in [-0.1, -0.05) is 66.2 Å². The lowest BCUT2D eigenvalue weighted by atomic mass is 10.1. The summed E-state index contributed by atoms with van der Waals surface area (Å²) >= 11 is 6.19. The van der Waals surface area contributed by atoms with E-state index >= 15 is 0 Å². The highest BCUT2D eigenvalue weighted by Gasteiger charge is 2.36. The number of amides is 1. The van der Waals surface area contributed by atoms with Crippen molar-refractivity contribution in [1.29, 1.82) is 0 Å². The summed E-state index contributed by atoms with van der Waals surface area (Å²) in [5.74, 6) is 0.891. The van der Waals surface area contributed by atoms with Gasteiger partial charge in [0, 0.05) is 44.4 Å². The van der Waals surface area contributed by atoms with E-state index < -0.39 is 0 Å². The first-order valence-electron chi connectivity index (χ1n) is 12.3. The fraction of sp³-hybridized carbons (Fsp3) is 0.345. The van der Waals surface area contributed by atoms with E-state index in [0.29, 0.717) is 31.3 Å². The van der Waals surface area contributed by atoms with Crippen LogP contribution in [0, 0.1) is 0 Å². The van der Waals surface area contributed by atoms with Crippen LogP contribution in [-0.4, -0.2) is 49.7 Å². The van der Waals surface area contributed by atoms with Crippen molar-refractivity contribution in [1.82, 2.24) is 15.5 Å². The van der Waals surface area contributed by atoms with Crippen molar-refractivity contribution in [2.75, 3.05) is 26.8 Å². The maximum atomic E-state index is 12.9. The molecule has 6 nitrogen and oxygen atoms in total. The Labute approximate surface area is 218 Å². The van der Waals surface area contributed by atoms with Crippen molar-refractivity contribution >= 4 is 17.5 Å². The number of methoxy groups -OCH3 is 1. The third kappa shape index (κ3) is 7.80. The van der Waals surface area contributed by atoms with Gasteiger partial charge in [-0.3, -0.25) is 9.69 Å². The minimum Gasteiger partial charge on any atom is -0.489 e. The zero-order chi connectivity index (χ0) is 25.2. The van der Waals surface area contributed by atoms with E-state index in [9.17, 15) is 4.79 Å². The van der Waals surface area contributed by atoms with Gasteiger partial charge < -0.3 is 20.1 Å². The van der Waals surface area contributed by atoms with Crippen LogP contribution in [0.4, 0.5) is 0 Å². The highest BCUT2D eigenvalue weighted by Crippen LogP contribution is 2.23. The molecule has 1 aliphatic rings. The van der Waals surface area contributed by atoms with Crippen LogP contribution in [0.25, 0.3) is 0 Å². The summed E-state index contributed by atoms with van der Waals surface area (Å²) in [7, 11) is 1.63. The summed E-state index contributed by atoms with van der Waals surface area (Å²) in [6.45, 7) is 3.75. The predicted molar refractivity (Wildman–Crippen MR) is 143 cm³/mol.